The zero-order valence-electron chi connectivity index (χ0n) is 13.5. The minimum atomic E-state index is -0.892. The molecule has 1 amide bonds. The third kappa shape index (κ3) is 3.50. The van der Waals surface area contributed by atoms with Gasteiger partial charge in [-0.05, 0) is 23.8 Å². The topological polar surface area (TPSA) is 75.2 Å². The van der Waals surface area contributed by atoms with Gasteiger partial charge in [0.1, 0.15) is 12.4 Å². The average Bonchev–Trinajstić information content (AvgIpc) is 2.59. The van der Waals surface area contributed by atoms with Crippen LogP contribution in [0.4, 0.5) is 4.39 Å². The van der Waals surface area contributed by atoms with Crippen molar-refractivity contribution in [2.45, 2.75) is 13.1 Å². The maximum absolute atomic E-state index is 13.3. The number of fused-ring (bicyclic) bond motifs is 1. The summed E-state index contributed by atoms with van der Waals surface area (Å²) in [5.74, 6) is -0.872. The van der Waals surface area contributed by atoms with Crippen LogP contribution >= 0.6 is 0 Å². The Labute approximate surface area is 142 Å². The van der Waals surface area contributed by atoms with E-state index in [1.165, 1.54) is 17.0 Å². The molecule has 1 aromatic heterocycles. The van der Waals surface area contributed by atoms with Crippen LogP contribution in [0.1, 0.15) is 5.56 Å². The summed E-state index contributed by atoms with van der Waals surface area (Å²) < 4.78 is 14.4. The van der Waals surface area contributed by atoms with Gasteiger partial charge in [0, 0.05) is 13.6 Å². The number of nitrogens with zero attached hydrogens (tertiary/aromatic N) is 2. The molecular formula is C18H16FN3O3. The van der Waals surface area contributed by atoms with Crippen molar-refractivity contribution in [3.63, 3.8) is 0 Å². The quantitative estimate of drug-likeness (QED) is 0.731. The fraction of sp³-hybridized carbons (Fsp3) is 0.167. The second-order valence-electron chi connectivity index (χ2n) is 5.74. The Balaban J connectivity index is 1.92. The molecule has 0 aliphatic rings. The van der Waals surface area contributed by atoms with E-state index in [2.05, 4.69) is 4.98 Å². The third-order valence-electron chi connectivity index (χ3n) is 3.92. The molecule has 2 aromatic carbocycles. The molecule has 0 unspecified atom stereocenters. The summed E-state index contributed by atoms with van der Waals surface area (Å²) in [7, 11) is 1.62. The first-order valence-electron chi connectivity index (χ1n) is 7.66. The van der Waals surface area contributed by atoms with Gasteiger partial charge in [-0.2, -0.15) is 0 Å². The fourth-order valence-electron chi connectivity index (χ4n) is 2.61. The predicted molar refractivity (Wildman–Crippen MR) is 91.7 cm³/mol. The van der Waals surface area contributed by atoms with Gasteiger partial charge < -0.3 is 9.88 Å². The van der Waals surface area contributed by atoms with Crippen LogP contribution in [-0.4, -0.2) is 27.4 Å². The number of aromatic amines is 1. The van der Waals surface area contributed by atoms with E-state index in [4.69, 9.17) is 0 Å². The van der Waals surface area contributed by atoms with Gasteiger partial charge in [-0.25, -0.2) is 4.39 Å². The number of likely N-dealkylation sites (N-methyl/N-ethyl adjacent to an activating group) is 1. The van der Waals surface area contributed by atoms with E-state index in [0.717, 1.165) is 16.2 Å². The van der Waals surface area contributed by atoms with E-state index in [1.54, 1.807) is 7.05 Å². The Morgan fingerprint density at radius 2 is 1.88 bits per heavy atom. The molecule has 3 rings (SSSR count). The van der Waals surface area contributed by atoms with Gasteiger partial charge in [0.2, 0.25) is 5.91 Å². The summed E-state index contributed by atoms with van der Waals surface area (Å²) in [6.45, 7) is 0.0817. The molecule has 1 heterocycles. The first-order valence-corrected chi connectivity index (χ1v) is 7.66. The number of nitrogens with one attached hydrogen (secondary N) is 1. The van der Waals surface area contributed by atoms with Gasteiger partial charge in [0.05, 0.1) is 11.0 Å². The molecular weight excluding hydrogens is 325 g/mol. The lowest BCUT2D eigenvalue weighted by molar-refractivity contribution is -0.131. The number of rotatable bonds is 4. The summed E-state index contributed by atoms with van der Waals surface area (Å²) in [5.41, 5.74) is -0.323. The number of carbonyl (C=O) groups is 1. The van der Waals surface area contributed by atoms with Crippen molar-refractivity contribution in [3.05, 3.63) is 80.6 Å². The van der Waals surface area contributed by atoms with Crippen LogP contribution in [0.5, 0.6) is 0 Å². The van der Waals surface area contributed by atoms with E-state index in [-0.39, 0.29) is 18.0 Å². The number of aromatic nitrogens is 2. The molecule has 7 heteroatoms. The number of carbonyl (C=O) groups excluding carboxylic acids is 1. The second-order valence-corrected chi connectivity index (χ2v) is 5.74. The van der Waals surface area contributed by atoms with Crippen LogP contribution in [-0.2, 0) is 17.9 Å². The van der Waals surface area contributed by atoms with Crippen molar-refractivity contribution in [2.24, 2.45) is 0 Å². The SMILES string of the molecule is CN(Cc1ccccc1)C(=O)Cn1c(=O)c(=O)[nH]c2cc(F)ccc21. The monoisotopic (exact) mass is 341 g/mol. The number of hydrogen-bond acceptors (Lipinski definition) is 3. The number of benzene rings is 2. The van der Waals surface area contributed by atoms with Crippen LogP contribution in [0.25, 0.3) is 11.0 Å². The van der Waals surface area contributed by atoms with Gasteiger partial charge in [0.15, 0.2) is 0 Å². The van der Waals surface area contributed by atoms with E-state index in [1.807, 2.05) is 30.3 Å². The summed E-state index contributed by atoms with van der Waals surface area (Å²) in [6.07, 6.45) is 0. The van der Waals surface area contributed by atoms with Gasteiger partial charge >= 0.3 is 11.1 Å². The Morgan fingerprint density at radius 3 is 2.60 bits per heavy atom. The van der Waals surface area contributed by atoms with Crippen LogP contribution in [0.2, 0.25) is 0 Å². The number of H-pyrrole nitrogens is 1. The van der Waals surface area contributed by atoms with E-state index >= 15 is 0 Å². The number of halogens is 1. The molecule has 0 saturated heterocycles. The lowest BCUT2D eigenvalue weighted by Crippen LogP contribution is -2.40. The third-order valence-corrected chi connectivity index (χ3v) is 3.92. The Kier molecular flexibility index (Phi) is 4.47. The van der Waals surface area contributed by atoms with Crippen LogP contribution in [0, 0.1) is 5.82 Å². The van der Waals surface area contributed by atoms with Crippen LogP contribution in [0.15, 0.2) is 58.1 Å². The highest BCUT2D eigenvalue weighted by Crippen LogP contribution is 2.11. The molecule has 3 aromatic rings. The Hall–Kier alpha value is -3.22. The molecule has 0 saturated carbocycles. The van der Waals surface area contributed by atoms with Crippen molar-refractivity contribution in [3.8, 4) is 0 Å². The summed E-state index contributed by atoms with van der Waals surface area (Å²) in [6, 6.07) is 13.1. The second kappa shape index (κ2) is 6.72. The van der Waals surface area contributed by atoms with Gasteiger partial charge in [0.25, 0.3) is 0 Å². The summed E-state index contributed by atoms with van der Waals surface area (Å²) in [4.78, 5) is 40.2. The van der Waals surface area contributed by atoms with Gasteiger partial charge in [-0.15, -0.1) is 0 Å². The van der Waals surface area contributed by atoms with Crippen molar-refractivity contribution >= 4 is 16.9 Å². The minimum Gasteiger partial charge on any atom is -0.340 e. The van der Waals surface area contributed by atoms with Crippen LogP contribution < -0.4 is 11.1 Å². The van der Waals surface area contributed by atoms with Crippen molar-refractivity contribution in [2.75, 3.05) is 7.05 Å². The maximum atomic E-state index is 13.3. The zero-order valence-corrected chi connectivity index (χ0v) is 13.5. The highest BCUT2D eigenvalue weighted by molar-refractivity contribution is 5.80. The molecule has 0 spiro atoms. The van der Waals surface area contributed by atoms with Crippen LogP contribution in [0.3, 0.4) is 0 Å². The van der Waals surface area contributed by atoms with E-state index < -0.39 is 16.9 Å². The smallest absolute Gasteiger partial charge is 0.317 e. The molecule has 0 fully saturated rings. The van der Waals surface area contributed by atoms with E-state index in [0.29, 0.717) is 12.1 Å². The van der Waals surface area contributed by atoms with Crippen molar-refractivity contribution in [1.82, 2.24) is 14.5 Å². The number of hydrogen-bond donors (Lipinski definition) is 1. The van der Waals surface area contributed by atoms with Gasteiger partial charge in [-0.3, -0.25) is 19.0 Å². The molecule has 0 radical (unpaired) electrons. The first-order chi connectivity index (χ1) is 12.0. The largest absolute Gasteiger partial charge is 0.340 e. The highest BCUT2D eigenvalue weighted by Gasteiger charge is 2.15. The van der Waals surface area contributed by atoms with Gasteiger partial charge in [-0.1, -0.05) is 30.3 Å². The normalized spacial score (nSPS) is 10.8. The molecule has 128 valence electrons. The number of amides is 1. The van der Waals surface area contributed by atoms with E-state index in [9.17, 15) is 18.8 Å². The molecule has 0 aliphatic heterocycles. The highest BCUT2D eigenvalue weighted by atomic mass is 19.1. The fourth-order valence-corrected chi connectivity index (χ4v) is 2.61. The molecule has 0 atom stereocenters. The first kappa shape index (κ1) is 16.6. The minimum absolute atomic E-state index is 0.170. The average molecular weight is 341 g/mol. The Morgan fingerprint density at radius 1 is 1.16 bits per heavy atom. The van der Waals surface area contributed by atoms with Crippen molar-refractivity contribution < 1.29 is 9.18 Å². The standard InChI is InChI=1S/C18H16FN3O3/c1-21(10-12-5-3-2-4-6-12)16(23)11-22-15-8-7-13(19)9-14(15)20-17(24)18(22)25/h2-9H,10-11H2,1H3,(H,20,24). The summed E-state index contributed by atoms with van der Waals surface area (Å²) in [5, 5.41) is 0. The Bertz CT molecular complexity index is 1040. The molecule has 1 N–H and O–H groups in total. The lowest BCUT2D eigenvalue weighted by atomic mass is 10.2. The molecule has 25 heavy (non-hydrogen) atoms. The lowest BCUT2D eigenvalue weighted by Gasteiger charge is -2.18. The molecule has 6 nitrogen and oxygen atoms in total. The maximum Gasteiger partial charge on any atom is 0.317 e. The molecule has 0 bridgehead atoms. The summed E-state index contributed by atoms with van der Waals surface area (Å²) >= 11 is 0. The van der Waals surface area contributed by atoms with Crippen molar-refractivity contribution in [1.29, 1.82) is 0 Å². The zero-order chi connectivity index (χ0) is 18.0. The predicted octanol–water partition coefficient (Wildman–Crippen LogP) is 1.49. The molecule has 0 aliphatic carbocycles.